The van der Waals surface area contributed by atoms with Gasteiger partial charge in [-0.3, -0.25) is 9.59 Å². The van der Waals surface area contributed by atoms with E-state index in [9.17, 15) is 14.9 Å². The Kier molecular flexibility index (Phi) is 4.53. The lowest BCUT2D eigenvalue weighted by Gasteiger charge is -2.38. The summed E-state index contributed by atoms with van der Waals surface area (Å²) in [7, 11) is 1.46. The highest BCUT2D eigenvalue weighted by Gasteiger charge is 2.48. The molecule has 1 atom stereocenters. The largest absolute Gasteiger partial charge is 0.480 e. The predicted octanol–water partition coefficient (Wildman–Crippen LogP) is 3.02. The maximum Gasteiger partial charge on any atom is 0.255 e. The van der Waals surface area contributed by atoms with Crippen molar-refractivity contribution in [1.82, 2.24) is 9.88 Å². The normalized spacial score (nSPS) is 24.3. The first-order chi connectivity index (χ1) is 12.2. The van der Waals surface area contributed by atoms with Gasteiger partial charge < -0.3 is 9.64 Å². The maximum absolute atomic E-state index is 12.8. The number of ether oxygens (including phenoxy) is 1. The minimum atomic E-state index is -0.607. The van der Waals surface area contributed by atoms with E-state index in [2.05, 4.69) is 4.98 Å². The Morgan fingerprint density at radius 2 is 2.19 bits per heavy atom. The van der Waals surface area contributed by atoms with Crippen molar-refractivity contribution < 1.29 is 14.3 Å². The Balaban J connectivity index is 1.85. The average molecular weight is 374 g/mol. The van der Waals surface area contributed by atoms with Crippen molar-refractivity contribution in [2.45, 2.75) is 26.7 Å². The van der Waals surface area contributed by atoms with Crippen LogP contribution in [0.4, 0.5) is 0 Å². The molecule has 6 nitrogen and oxygen atoms in total. The first kappa shape index (κ1) is 18.4. The van der Waals surface area contributed by atoms with Crippen molar-refractivity contribution >= 4 is 23.3 Å². The van der Waals surface area contributed by atoms with E-state index in [-0.39, 0.29) is 33.6 Å². The van der Waals surface area contributed by atoms with E-state index >= 15 is 0 Å². The minimum Gasteiger partial charge on any atom is -0.480 e. The fourth-order valence-corrected chi connectivity index (χ4v) is 4.28. The monoisotopic (exact) mass is 373 g/mol. The molecule has 1 spiro atoms. The predicted molar refractivity (Wildman–Crippen MR) is 95.9 cm³/mol. The molecular weight excluding hydrogens is 354 g/mol. The first-order valence-electron chi connectivity index (χ1n) is 8.38. The molecule has 0 unspecified atom stereocenters. The van der Waals surface area contributed by atoms with Crippen LogP contribution in [0.2, 0.25) is 5.02 Å². The average Bonchev–Trinajstić information content (AvgIpc) is 3.00. The van der Waals surface area contributed by atoms with Gasteiger partial charge in [0.1, 0.15) is 11.1 Å². The molecule has 7 heteroatoms. The Hall–Kier alpha value is -2.39. The fraction of sp³-hybridized carbons (Fsp3) is 0.474. The molecule has 1 aromatic rings. The van der Waals surface area contributed by atoms with E-state index < -0.39 is 5.41 Å². The summed E-state index contributed by atoms with van der Waals surface area (Å²) in [4.78, 5) is 31.0. The van der Waals surface area contributed by atoms with Crippen LogP contribution in [0.1, 0.15) is 37.0 Å². The second-order valence-electron chi connectivity index (χ2n) is 7.61. The third kappa shape index (κ3) is 3.08. The molecule has 1 fully saturated rings. The number of pyridine rings is 1. The summed E-state index contributed by atoms with van der Waals surface area (Å²) in [6, 6.07) is 3.57. The van der Waals surface area contributed by atoms with Gasteiger partial charge in [0.15, 0.2) is 5.78 Å². The van der Waals surface area contributed by atoms with E-state index in [1.165, 1.54) is 13.3 Å². The number of ketones is 1. The van der Waals surface area contributed by atoms with Crippen LogP contribution < -0.4 is 4.74 Å². The van der Waals surface area contributed by atoms with Crippen LogP contribution in [0.3, 0.4) is 0 Å². The van der Waals surface area contributed by atoms with Crippen LogP contribution in [0.5, 0.6) is 5.88 Å². The number of hydrogen-bond acceptors (Lipinski definition) is 5. The Bertz CT molecular complexity index is 856. The summed E-state index contributed by atoms with van der Waals surface area (Å²) in [6.45, 7) is 4.75. The summed E-state index contributed by atoms with van der Waals surface area (Å²) in [6.07, 6.45) is 4.56. The number of Topliss-reactive ketones (excluding diaryl/α,β-unsaturated/α-hetero) is 1. The van der Waals surface area contributed by atoms with Crippen molar-refractivity contribution in [1.29, 1.82) is 5.26 Å². The topological polar surface area (TPSA) is 83.3 Å². The van der Waals surface area contributed by atoms with E-state index in [1.54, 1.807) is 17.0 Å². The summed E-state index contributed by atoms with van der Waals surface area (Å²) in [5, 5.41) is 9.60. The molecule has 2 heterocycles. The molecule has 0 saturated carbocycles. The molecule has 1 aromatic heterocycles. The standard InChI is InChI=1S/C19H20ClN3O3/c1-18(2)10-19(7-13(8-21)15(18)24)4-5-23(11-19)17(25)12-6-14(20)16(26-3)22-9-12/h6-7,9H,4-5,10-11H2,1-3H3/t19-/m1/s1. The van der Waals surface area contributed by atoms with Crippen LogP contribution in [-0.2, 0) is 4.79 Å². The van der Waals surface area contributed by atoms with E-state index in [0.29, 0.717) is 25.1 Å². The van der Waals surface area contributed by atoms with Crippen LogP contribution in [0.15, 0.2) is 23.9 Å². The zero-order valence-corrected chi connectivity index (χ0v) is 15.8. The van der Waals surface area contributed by atoms with Gasteiger partial charge in [-0.1, -0.05) is 31.5 Å². The van der Waals surface area contributed by atoms with Crippen LogP contribution in [0.25, 0.3) is 0 Å². The number of hydrogen-bond donors (Lipinski definition) is 0. The number of nitriles is 1. The molecular formula is C19H20ClN3O3. The summed E-state index contributed by atoms with van der Waals surface area (Å²) in [5.41, 5.74) is -0.362. The van der Waals surface area contributed by atoms with Gasteiger partial charge >= 0.3 is 0 Å². The van der Waals surface area contributed by atoms with Crippen molar-refractivity contribution in [2.75, 3.05) is 20.2 Å². The minimum absolute atomic E-state index is 0.124. The quantitative estimate of drug-likeness (QED) is 0.795. The Labute approximate surface area is 157 Å². The molecule has 3 rings (SSSR count). The smallest absolute Gasteiger partial charge is 0.255 e. The molecule has 0 radical (unpaired) electrons. The highest BCUT2D eigenvalue weighted by Crippen LogP contribution is 2.48. The van der Waals surface area contributed by atoms with Gasteiger partial charge in [-0.2, -0.15) is 5.26 Å². The third-order valence-electron chi connectivity index (χ3n) is 5.14. The molecule has 0 N–H and O–H groups in total. The molecule has 0 bridgehead atoms. The highest BCUT2D eigenvalue weighted by atomic mass is 35.5. The molecule has 0 aromatic carbocycles. The summed E-state index contributed by atoms with van der Waals surface area (Å²) < 4.78 is 5.01. The van der Waals surface area contributed by atoms with E-state index in [0.717, 1.165) is 6.42 Å². The molecule has 2 aliphatic rings. The number of likely N-dealkylation sites (tertiary alicyclic amines) is 1. The van der Waals surface area contributed by atoms with Gasteiger partial charge in [-0.05, 0) is 18.9 Å². The fourth-order valence-electron chi connectivity index (χ4n) is 4.04. The lowest BCUT2D eigenvalue weighted by molar-refractivity contribution is -0.125. The lowest BCUT2D eigenvalue weighted by atomic mass is 9.64. The number of halogens is 1. The molecule has 1 amide bonds. The molecule has 1 aliphatic heterocycles. The van der Waals surface area contributed by atoms with Crippen molar-refractivity contribution in [3.8, 4) is 11.9 Å². The van der Waals surface area contributed by atoms with Crippen LogP contribution in [0, 0.1) is 22.2 Å². The molecule has 136 valence electrons. The van der Waals surface area contributed by atoms with E-state index in [4.69, 9.17) is 16.3 Å². The van der Waals surface area contributed by atoms with Crippen molar-refractivity contribution in [3.05, 3.63) is 34.5 Å². The number of allylic oxidation sites excluding steroid dienone is 1. The number of methoxy groups -OCH3 is 1. The maximum atomic E-state index is 12.8. The van der Waals surface area contributed by atoms with Gasteiger partial charge in [0.25, 0.3) is 5.91 Å². The zero-order chi connectivity index (χ0) is 19.1. The second kappa shape index (κ2) is 6.40. The van der Waals surface area contributed by atoms with E-state index in [1.807, 2.05) is 19.9 Å². The number of rotatable bonds is 2. The van der Waals surface area contributed by atoms with Crippen molar-refractivity contribution in [3.63, 3.8) is 0 Å². The van der Waals surface area contributed by atoms with Gasteiger partial charge in [-0.25, -0.2) is 4.98 Å². The Morgan fingerprint density at radius 3 is 2.81 bits per heavy atom. The summed E-state index contributed by atoms with van der Waals surface area (Å²) in [5.74, 6) is -0.0164. The van der Waals surface area contributed by atoms with Gasteiger partial charge in [0.05, 0.1) is 18.2 Å². The van der Waals surface area contributed by atoms with Gasteiger partial charge in [0.2, 0.25) is 5.88 Å². The lowest BCUT2D eigenvalue weighted by Crippen LogP contribution is -2.40. The van der Waals surface area contributed by atoms with Crippen LogP contribution >= 0.6 is 11.6 Å². The summed E-state index contributed by atoms with van der Waals surface area (Å²) >= 11 is 6.07. The number of carbonyl (C=O) groups is 2. The van der Waals surface area contributed by atoms with Crippen molar-refractivity contribution in [2.24, 2.45) is 10.8 Å². The van der Waals surface area contributed by atoms with Gasteiger partial charge in [0, 0.05) is 30.1 Å². The second-order valence-corrected chi connectivity index (χ2v) is 8.02. The van der Waals surface area contributed by atoms with Gasteiger partial charge in [-0.15, -0.1) is 0 Å². The molecule has 1 saturated heterocycles. The molecule has 1 aliphatic carbocycles. The Morgan fingerprint density at radius 1 is 1.46 bits per heavy atom. The van der Waals surface area contributed by atoms with Crippen LogP contribution in [-0.4, -0.2) is 41.8 Å². The molecule has 26 heavy (non-hydrogen) atoms. The first-order valence-corrected chi connectivity index (χ1v) is 8.76. The number of carbonyl (C=O) groups excluding carboxylic acids is 2. The number of nitrogens with zero attached hydrogens (tertiary/aromatic N) is 3. The number of aromatic nitrogens is 1. The zero-order valence-electron chi connectivity index (χ0n) is 15.0. The third-order valence-corrected chi connectivity index (χ3v) is 5.42. The number of amides is 1. The SMILES string of the molecule is COc1ncc(C(=O)N2CC[C@]3(C=C(C#N)C(=O)C(C)(C)C3)C2)cc1Cl. The highest BCUT2D eigenvalue weighted by molar-refractivity contribution is 6.32.